The molecule has 30 heavy (non-hydrogen) atoms. The molecule has 0 bridgehead atoms. The maximum atomic E-state index is 13.0. The van der Waals surface area contributed by atoms with Crippen LogP contribution >= 0.6 is 11.8 Å². The maximum absolute atomic E-state index is 13.0. The van der Waals surface area contributed by atoms with Gasteiger partial charge in [0.05, 0.1) is 23.8 Å². The Bertz CT molecular complexity index is 1210. The predicted molar refractivity (Wildman–Crippen MR) is 118 cm³/mol. The average Bonchev–Trinajstić information content (AvgIpc) is 2.75. The number of para-hydroxylation sites is 1. The lowest BCUT2D eigenvalue weighted by Crippen LogP contribution is -2.27. The van der Waals surface area contributed by atoms with Gasteiger partial charge in [0.15, 0.2) is 10.9 Å². The van der Waals surface area contributed by atoms with Gasteiger partial charge in [0, 0.05) is 5.56 Å². The fourth-order valence-electron chi connectivity index (χ4n) is 3.30. The molecule has 1 heterocycles. The second-order valence-corrected chi connectivity index (χ2v) is 8.15. The summed E-state index contributed by atoms with van der Waals surface area (Å²) in [6.45, 7) is 7.74. The molecule has 0 radical (unpaired) electrons. The number of methoxy groups -OCH3 is 1. The summed E-state index contributed by atoms with van der Waals surface area (Å²) in [5, 5.41) is 0.730. The topological polar surface area (TPSA) is 78.3 Å². The van der Waals surface area contributed by atoms with E-state index in [1.807, 2.05) is 33.8 Å². The van der Waals surface area contributed by atoms with Crippen LogP contribution in [0.15, 0.2) is 40.3 Å². The van der Waals surface area contributed by atoms with Gasteiger partial charge < -0.3 is 4.74 Å². The van der Waals surface area contributed by atoms with Crippen LogP contribution in [-0.4, -0.2) is 34.2 Å². The van der Waals surface area contributed by atoms with Crippen LogP contribution in [0, 0.1) is 27.7 Å². The van der Waals surface area contributed by atoms with Crippen molar-refractivity contribution in [3.8, 4) is 0 Å². The van der Waals surface area contributed by atoms with Crippen molar-refractivity contribution in [2.75, 3.05) is 12.9 Å². The van der Waals surface area contributed by atoms with Crippen LogP contribution in [0.4, 0.5) is 0 Å². The number of benzene rings is 2. The van der Waals surface area contributed by atoms with Gasteiger partial charge >= 0.3 is 5.97 Å². The smallest absolute Gasteiger partial charge is 0.325 e. The molecule has 0 spiro atoms. The van der Waals surface area contributed by atoms with E-state index >= 15 is 0 Å². The van der Waals surface area contributed by atoms with Gasteiger partial charge in [0.25, 0.3) is 5.56 Å². The normalized spacial score (nSPS) is 11.0. The standard InChI is InChI=1S/C23H24N2O4S/c1-13-10-18(16(4)15(3)14(13)2)20(26)12-30-23-24-19-9-7-6-8-17(19)22(28)25(23)11-21(27)29-5/h6-10H,11-12H2,1-5H3. The third-order valence-corrected chi connectivity index (χ3v) is 6.43. The third-order valence-electron chi connectivity index (χ3n) is 5.46. The monoisotopic (exact) mass is 424 g/mol. The summed E-state index contributed by atoms with van der Waals surface area (Å²) in [6.07, 6.45) is 0. The number of nitrogens with zero attached hydrogens (tertiary/aromatic N) is 2. The van der Waals surface area contributed by atoms with Crippen LogP contribution in [0.2, 0.25) is 0 Å². The molecular weight excluding hydrogens is 400 g/mol. The first-order chi connectivity index (χ1) is 14.2. The highest BCUT2D eigenvalue weighted by Gasteiger charge is 2.18. The van der Waals surface area contributed by atoms with Crippen molar-refractivity contribution >= 4 is 34.4 Å². The third kappa shape index (κ3) is 4.16. The van der Waals surface area contributed by atoms with Gasteiger partial charge in [-0.05, 0) is 68.1 Å². The second kappa shape index (κ2) is 8.83. The molecule has 7 heteroatoms. The van der Waals surface area contributed by atoms with Crippen LogP contribution < -0.4 is 5.56 Å². The molecule has 156 valence electrons. The van der Waals surface area contributed by atoms with Crippen LogP contribution in [0.25, 0.3) is 10.9 Å². The first-order valence-electron chi connectivity index (χ1n) is 9.54. The average molecular weight is 425 g/mol. The van der Waals surface area contributed by atoms with E-state index in [0.717, 1.165) is 28.5 Å². The van der Waals surface area contributed by atoms with E-state index in [4.69, 9.17) is 4.74 Å². The molecule has 6 nitrogen and oxygen atoms in total. The highest BCUT2D eigenvalue weighted by molar-refractivity contribution is 7.99. The van der Waals surface area contributed by atoms with E-state index in [-0.39, 0.29) is 23.6 Å². The van der Waals surface area contributed by atoms with E-state index in [9.17, 15) is 14.4 Å². The predicted octanol–water partition coefficient (Wildman–Crippen LogP) is 3.78. The lowest BCUT2D eigenvalue weighted by atomic mass is 9.93. The number of Topliss-reactive ketones (excluding diaryl/α,β-unsaturated/α-hetero) is 1. The molecule has 0 saturated carbocycles. The van der Waals surface area contributed by atoms with Crippen LogP contribution in [0.1, 0.15) is 32.6 Å². The summed E-state index contributed by atoms with van der Waals surface area (Å²) in [6, 6.07) is 8.85. The number of thioether (sulfide) groups is 1. The van der Waals surface area contributed by atoms with Crippen molar-refractivity contribution < 1.29 is 14.3 Å². The lowest BCUT2D eigenvalue weighted by molar-refractivity contribution is -0.141. The number of ether oxygens (including phenoxy) is 1. The minimum absolute atomic E-state index is 0.0456. The number of carbonyl (C=O) groups is 2. The van der Waals surface area contributed by atoms with Crippen molar-refractivity contribution in [2.45, 2.75) is 39.4 Å². The molecule has 0 aliphatic carbocycles. The first-order valence-corrected chi connectivity index (χ1v) is 10.5. The van der Waals surface area contributed by atoms with Crippen LogP contribution in [0.3, 0.4) is 0 Å². The highest BCUT2D eigenvalue weighted by Crippen LogP contribution is 2.24. The molecule has 0 aliphatic rings. The van der Waals surface area contributed by atoms with Crippen LogP contribution in [-0.2, 0) is 16.1 Å². The quantitative estimate of drug-likeness (QED) is 0.259. The second-order valence-electron chi connectivity index (χ2n) is 7.21. The molecule has 0 amide bonds. The van der Waals surface area contributed by atoms with Crippen molar-refractivity contribution in [3.63, 3.8) is 0 Å². The molecule has 0 unspecified atom stereocenters. The molecule has 0 fully saturated rings. The van der Waals surface area contributed by atoms with E-state index in [1.165, 1.54) is 17.2 Å². The van der Waals surface area contributed by atoms with Crippen molar-refractivity contribution in [1.29, 1.82) is 0 Å². The largest absolute Gasteiger partial charge is 0.468 e. The molecule has 1 aromatic heterocycles. The number of hydrogen-bond donors (Lipinski definition) is 0. The van der Waals surface area contributed by atoms with E-state index in [1.54, 1.807) is 24.3 Å². The number of aryl methyl sites for hydroxylation is 1. The van der Waals surface area contributed by atoms with E-state index in [0.29, 0.717) is 21.6 Å². The number of fused-ring (bicyclic) bond motifs is 1. The molecule has 0 atom stereocenters. The number of ketones is 1. The summed E-state index contributed by atoms with van der Waals surface area (Å²) < 4.78 is 5.99. The SMILES string of the molecule is COC(=O)Cn1c(SCC(=O)c2cc(C)c(C)c(C)c2C)nc2ccccc2c1=O. The lowest BCUT2D eigenvalue weighted by Gasteiger charge is -2.14. The molecule has 0 saturated heterocycles. The van der Waals surface area contributed by atoms with Gasteiger partial charge in [-0.15, -0.1) is 0 Å². The molecule has 0 N–H and O–H groups in total. The van der Waals surface area contributed by atoms with Crippen molar-refractivity contribution in [3.05, 3.63) is 68.5 Å². The number of carbonyl (C=O) groups excluding carboxylic acids is 2. The molecule has 0 aliphatic heterocycles. The summed E-state index contributed by atoms with van der Waals surface area (Å²) in [7, 11) is 1.27. The Labute approximate surface area is 179 Å². The fourth-order valence-corrected chi connectivity index (χ4v) is 4.18. The zero-order valence-electron chi connectivity index (χ0n) is 17.7. The zero-order valence-corrected chi connectivity index (χ0v) is 18.6. The molecule has 3 rings (SSSR count). The number of rotatable bonds is 6. The minimum atomic E-state index is -0.553. The maximum Gasteiger partial charge on any atom is 0.325 e. The number of hydrogen-bond acceptors (Lipinski definition) is 6. The Hall–Kier alpha value is -2.93. The summed E-state index contributed by atoms with van der Waals surface area (Å²) >= 11 is 1.15. The Balaban J connectivity index is 1.97. The van der Waals surface area contributed by atoms with Gasteiger partial charge in [-0.25, -0.2) is 4.98 Å². The Morgan fingerprint density at radius 3 is 2.47 bits per heavy atom. The van der Waals surface area contributed by atoms with Crippen LogP contribution in [0.5, 0.6) is 0 Å². The minimum Gasteiger partial charge on any atom is -0.468 e. The Kier molecular flexibility index (Phi) is 6.41. The van der Waals surface area contributed by atoms with Gasteiger partial charge in [0.1, 0.15) is 6.54 Å². The summed E-state index contributed by atoms with van der Waals surface area (Å²) in [5.41, 5.74) is 5.18. The van der Waals surface area contributed by atoms with Crippen molar-refractivity contribution in [2.24, 2.45) is 0 Å². The molecule has 3 aromatic rings. The van der Waals surface area contributed by atoms with E-state index < -0.39 is 5.97 Å². The highest BCUT2D eigenvalue weighted by atomic mass is 32.2. The van der Waals surface area contributed by atoms with Gasteiger partial charge in [0.2, 0.25) is 0 Å². The van der Waals surface area contributed by atoms with Gasteiger partial charge in [-0.2, -0.15) is 0 Å². The summed E-state index contributed by atoms with van der Waals surface area (Å²) in [5.74, 6) is -0.493. The first kappa shape index (κ1) is 21.8. The zero-order chi connectivity index (χ0) is 22.0. The fraction of sp³-hybridized carbons (Fsp3) is 0.304. The van der Waals surface area contributed by atoms with E-state index in [2.05, 4.69) is 4.98 Å². The molecular formula is C23H24N2O4S. The Morgan fingerprint density at radius 2 is 1.77 bits per heavy atom. The van der Waals surface area contributed by atoms with Gasteiger partial charge in [-0.3, -0.25) is 19.0 Å². The Morgan fingerprint density at radius 1 is 1.07 bits per heavy atom. The number of esters is 1. The molecule has 2 aromatic carbocycles. The number of aromatic nitrogens is 2. The van der Waals surface area contributed by atoms with Gasteiger partial charge in [-0.1, -0.05) is 23.9 Å². The summed E-state index contributed by atoms with van der Waals surface area (Å²) in [4.78, 5) is 42.3. The van der Waals surface area contributed by atoms with Crippen molar-refractivity contribution in [1.82, 2.24) is 9.55 Å².